The van der Waals surface area contributed by atoms with Gasteiger partial charge in [0.1, 0.15) is 11.6 Å². The van der Waals surface area contributed by atoms with Crippen LogP contribution in [0.1, 0.15) is 36.9 Å². The minimum absolute atomic E-state index is 0.227. The molecule has 1 unspecified atom stereocenters. The van der Waals surface area contributed by atoms with Crippen LogP contribution in [0, 0.1) is 13.8 Å². The minimum atomic E-state index is 0.227. The van der Waals surface area contributed by atoms with Crippen LogP contribution in [-0.4, -0.2) is 41.5 Å². The van der Waals surface area contributed by atoms with E-state index in [1.54, 1.807) is 0 Å². The molecule has 5 heteroatoms. The van der Waals surface area contributed by atoms with Crippen molar-refractivity contribution in [2.24, 2.45) is 0 Å². The SMILES string of the molecule is Cc1cccc(NCC2CCCN2C(=O)CCCOc2ccccc2C)n1. The van der Waals surface area contributed by atoms with Crippen molar-refractivity contribution in [3.05, 3.63) is 53.7 Å². The van der Waals surface area contributed by atoms with Crippen LogP contribution < -0.4 is 10.1 Å². The zero-order valence-corrected chi connectivity index (χ0v) is 16.3. The summed E-state index contributed by atoms with van der Waals surface area (Å²) in [5, 5.41) is 3.38. The second kappa shape index (κ2) is 9.40. The Kier molecular flexibility index (Phi) is 6.69. The maximum Gasteiger partial charge on any atom is 0.223 e. The Morgan fingerprint density at radius 3 is 2.89 bits per heavy atom. The summed E-state index contributed by atoms with van der Waals surface area (Å²) in [6.07, 6.45) is 3.39. The number of para-hydroxylation sites is 1. The molecule has 1 aliphatic rings. The van der Waals surface area contributed by atoms with Crippen LogP contribution in [0.5, 0.6) is 5.75 Å². The minimum Gasteiger partial charge on any atom is -0.493 e. The Morgan fingerprint density at radius 2 is 2.07 bits per heavy atom. The first-order chi connectivity index (χ1) is 13.1. The molecule has 2 aromatic rings. The van der Waals surface area contributed by atoms with Gasteiger partial charge in [0.05, 0.1) is 6.61 Å². The van der Waals surface area contributed by atoms with Crippen molar-refractivity contribution < 1.29 is 9.53 Å². The fourth-order valence-electron chi connectivity index (χ4n) is 3.51. The molecule has 1 amide bonds. The molecular formula is C22H29N3O2. The van der Waals surface area contributed by atoms with Gasteiger partial charge in [0, 0.05) is 31.2 Å². The van der Waals surface area contributed by atoms with Crippen LogP contribution in [0.15, 0.2) is 42.5 Å². The number of pyridine rings is 1. The Labute approximate surface area is 161 Å². The summed E-state index contributed by atoms with van der Waals surface area (Å²) >= 11 is 0. The third-order valence-corrected chi connectivity index (χ3v) is 4.99. The van der Waals surface area contributed by atoms with Crippen LogP contribution in [0.4, 0.5) is 5.82 Å². The summed E-state index contributed by atoms with van der Waals surface area (Å²) in [7, 11) is 0. The highest BCUT2D eigenvalue weighted by molar-refractivity contribution is 5.76. The average Bonchev–Trinajstić information content (AvgIpc) is 3.13. The lowest BCUT2D eigenvalue weighted by Gasteiger charge is -2.25. The first kappa shape index (κ1) is 19.2. The first-order valence-corrected chi connectivity index (χ1v) is 9.79. The van der Waals surface area contributed by atoms with Crippen LogP contribution in [-0.2, 0) is 4.79 Å². The molecule has 1 fully saturated rings. The van der Waals surface area contributed by atoms with E-state index in [-0.39, 0.29) is 11.9 Å². The number of nitrogens with zero attached hydrogens (tertiary/aromatic N) is 2. The van der Waals surface area contributed by atoms with Gasteiger partial charge in [0.2, 0.25) is 5.91 Å². The number of amides is 1. The molecule has 0 spiro atoms. The average molecular weight is 367 g/mol. The normalized spacial score (nSPS) is 16.4. The fourth-order valence-corrected chi connectivity index (χ4v) is 3.51. The smallest absolute Gasteiger partial charge is 0.223 e. The van der Waals surface area contributed by atoms with Crippen molar-refractivity contribution in [1.29, 1.82) is 0 Å². The van der Waals surface area contributed by atoms with E-state index in [1.807, 2.05) is 61.2 Å². The molecule has 0 aliphatic carbocycles. The van der Waals surface area contributed by atoms with Crippen LogP contribution >= 0.6 is 0 Å². The summed E-state index contributed by atoms with van der Waals surface area (Å²) < 4.78 is 5.80. The zero-order valence-electron chi connectivity index (χ0n) is 16.3. The van der Waals surface area contributed by atoms with Crippen LogP contribution in [0.3, 0.4) is 0 Å². The summed E-state index contributed by atoms with van der Waals surface area (Å²) in [4.78, 5) is 19.1. The van der Waals surface area contributed by atoms with Gasteiger partial charge in [-0.25, -0.2) is 4.98 Å². The highest BCUT2D eigenvalue weighted by Gasteiger charge is 2.28. The van der Waals surface area contributed by atoms with Gasteiger partial charge in [-0.05, 0) is 56.9 Å². The van der Waals surface area contributed by atoms with Crippen molar-refractivity contribution in [2.75, 3.05) is 25.0 Å². The number of ether oxygens (including phenoxy) is 1. The van der Waals surface area contributed by atoms with Crippen molar-refractivity contribution in [1.82, 2.24) is 9.88 Å². The highest BCUT2D eigenvalue weighted by Crippen LogP contribution is 2.20. The van der Waals surface area contributed by atoms with E-state index in [9.17, 15) is 4.79 Å². The van der Waals surface area contributed by atoms with E-state index in [1.165, 1.54) is 0 Å². The number of rotatable bonds is 8. The van der Waals surface area contributed by atoms with Crippen LogP contribution in [0.2, 0.25) is 0 Å². The van der Waals surface area contributed by atoms with E-state index < -0.39 is 0 Å². The second-order valence-corrected chi connectivity index (χ2v) is 7.15. The number of likely N-dealkylation sites (tertiary alicyclic amines) is 1. The van der Waals surface area contributed by atoms with Crippen molar-refractivity contribution >= 4 is 11.7 Å². The molecule has 3 rings (SSSR count). The monoisotopic (exact) mass is 367 g/mol. The Bertz CT molecular complexity index is 763. The summed E-state index contributed by atoms with van der Waals surface area (Å²) in [6, 6.07) is 14.2. The third kappa shape index (κ3) is 5.46. The van der Waals surface area contributed by atoms with Gasteiger partial charge in [-0.15, -0.1) is 0 Å². The summed E-state index contributed by atoms with van der Waals surface area (Å²) in [5.41, 5.74) is 2.12. The van der Waals surface area contributed by atoms with E-state index in [2.05, 4.69) is 10.3 Å². The van der Waals surface area contributed by atoms with Gasteiger partial charge in [-0.2, -0.15) is 0 Å². The van der Waals surface area contributed by atoms with E-state index in [4.69, 9.17) is 4.74 Å². The summed E-state index contributed by atoms with van der Waals surface area (Å²) in [5.74, 6) is 2.00. The fraction of sp³-hybridized carbons (Fsp3) is 0.455. The molecule has 1 N–H and O–H groups in total. The van der Waals surface area contributed by atoms with Gasteiger partial charge in [-0.3, -0.25) is 4.79 Å². The van der Waals surface area contributed by atoms with E-state index in [0.29, 0.717) is 13.0 Å². The Balaban J connectivity index is 1.42. The topological polar surface area (TPSA) is 54.5 Å². The lowest BCUT2D eigenvalue weighted by atomic mass is 10.2. The van der Waals surface area contributed by atoms with Gasteiger partial charge in [0.25, 0.3) is 0 Å². The molecule has 27 heavy (non-hydrogen) atoms. The lowest BCUT2D eigenvalue weighted by molar-refractivity contribution is -0.132. The number of aromatic nitrogens is 1. The Hall–Kier alpha value is -2.56. The molecule has 2 heterocycles. The molecule has 144 valence electrons. The highest BCUT2D eigenvalue weighted by atomic mass is 16.5. The molecule has 1 saturated heterocycles. The quantitative estimate of drug-likeness (QED) is 0.718. The standard InChI is InChI=1S/C22H29N3O2/c1-17-8-3-4-11-20(17)27-15-7-13-22(26)25-14-6-10-19(25)16-23-21-12-5-9-18(2)24-21/h3-5,8-9,11-12,19H,6-7,10,13-16H2,1-2H3,(H,23,24). The molecule has 1 atom stereocenters. The molecule has 1 aromatic heterocycles. The van der Waals surface area contributed by atoms with Gasteiger partial charge in [-0.1, -0.05) is 24.3 Å². The molecule has 1 aliphatic heterocycles. The number of nitrogens with one attached hydrogen (secondary N) is 1. The third-order valence-electron chi connectivity index (χ3n) is 4.99. The number of benzene rings is 1. The number of anilines is 1. The van der Waals surface area contributed by atoms with Crippen molar-refractivity contribution in [3.63, 3.8) is 0 Å². The van der Waals surface area contributed by atoms with Crippen LogP contribution in [0.25, 0.3) is 0 Å². The molecule has 0 saturated carbocycles. The number of carbonyl (C=O) groups excluding carboxylic acids is 1. The summed E-state index contributed by atoms with van der Waals surface area (Å²) in [6.45, 7) is 6.19. The van der Waals surface area contributed by atoms with Gasteiger partial charge >= 0.3 is 0 Å². The number of hydrogen-bond acceptors (Lipinski definition) is 4. The number of aryl methyl sites for hydroxylation is 2. The van der Waals surface area contributed by atoms with Gasteiger partial charge < -0.3 is 15.0 Å². The lowest BCUT2D eigenvalue weighted by Crippen LogP contribution is -2.39. The maximum absolute atomic E-state index is 12.6. The predicted molar refractivity (Wildman–Crippen MR) is 108 cm³/mol. The van der Waals surface area contributed by atoms with Gasteiger partial charge in [0.15, 0.2) is 0 Å². The molecule has 0 bridgehead atoms. The van der Waals surface area contributed by atoms with E-state index >= 15 is 0 Å². The van der Waals surface area contributed by atoms with Crippen molar-refractivity contribution in [2.45, 2.75) is 45.6 Å². The maximum atomic E-state index is 12.6. The number of hydrogen-bond donors (Lipinski definition) is 1. The molecule has 5 nitrogen and oxygen atoms in total. The molecule has 0 radical (unpaired) electrons. The number of carbonyl (C=O) groups is 1. The Morgan fingerprint density at radius 1 is 1.22 bits per heavy atom. The first-order valence-electron chi connectivity index (χ1n) is 9.79. The molecular weight excluding hydrogens is 338 g/mol. The zero-order chi connectivity index (χ0) is 19.1. The second-order valence-electron chi connectivity index (χ2n) is 7.15. The van der Waals surface area contributed by atoms with E-state index in [0.717, 1.165) is 55.2 Å². The largest absolute Gasteiger partial charge is 0.493 e. The predicted octanol–water partition coefficient (Wildman–Crippen LogP) is 3.96. The molecule has 1 aromatic carbocycles. The van der Waals surface area contributed by atoms with Crippen molar-refractivity contribution in [3.8, 4) is 5.75 Å².